The maximum absolute atomic E-state index is 12.2. The molecular formula is C15H23N2O2S-. The van der Waals surface area contributed by atoms with E-state index in [1.807, 2.05) is 53.7 Å². The Morgan fingerprint density at radius 1 is 1.10 bits per heavy atom. The summed E-state index contributed by atoms with van der Waals surface area (Å²) in [5, 5.41) is 0. The van der Waals surface area contributed by atoms with Crippen LogP contribution in [0.3, 0.4) is 0 Å². The normalized spacial score (nSPS) is 13.0. The third-order valence-electron chi connectivity index (χ3n) is 3.17. The molecule has 2 amide bonds. The Morgan fingerprint density at radius 2 is 1.65 bits per heavy atom. The number of nitrogens with zero attached hydrogens (tertiary/aromatic N) is 2. The van der Waals surface area contributed by atoms with Crippen molar-refractivity contribution < 1.29 is 9.00 Å². The van der Waals surface area contributed by atoms with Crippen LogP contribution in [0.2, 0.25) is 0 Å². The first-order valence-corrected chi connectivity index (χ1v) is 7.88. The van der Waals surface area contributed by atoms with Gasteiger partial charge in [0.05, 0.1) is 0 Å². The number of carbonyl (C=O) groups excluding carboxylic acids is 1. The van der Waals surface area contributed by atoms with Crippen molar-refractivity contribution in [2.24, 2.45) is 4.36 Å². The molecule has 5 heteroatoms. The summed E-state index contributed by atoms with van der Waals surface area (Å²) in [6, 6.07) is 5.10. The highest BCUT2D eigenvalue weighted by molar-refractivity contribution is 7.75. The lowest BCUT2D eigenvalue weighted by Gasteiger charge is -2.29. The van der Waals surface area contributed by atoms with Crippen LogP contribution in [0.15, 0.2) is 27.5 Å². The van der Waals surface area contributed by atoms with Crippen LogP contribution in [0.25, 0.3) is 0 Å². The van der Waals surface area contributed by atoms with Crippen LogP contribution < -0.4 is 0 Å². The molecule has 0 aromatic heterocycles. The lowest BCUT2D eigenvalue weighted by molar-refractivity contribution is 0.175. The first-order chi connectivity index (χ1) is 9.23. The lowest BCUT2D eigenvalue weighted by Crippen LogP contribution is -2.40. The van der Waals surface area contributed by atoms with E-state index < -0.39 is 16.6 Å². The van der Waals surface area contributed by atoms with Crippen molar-refractivity contribution in [3.8, 4) is 0 Å². The Morgan fingerprint density at radius 3 is 2.10 bits per heavy atom. The molecule has 0 spiro atoms. The maximum atomic E-state index is 12.2. The van der Waals surface area contributed by atoms with Crippen molar-refractivity contribution in [3.05, 3.63) is 29.3 Å². The summed E-state index contributed by atoms with van der Waals surface area (Å²) in [6.45, 7) is 11.6. The summed E-state index contributed by atoms with van der Waals surface area (Å²) >= 11 is 0. The average molecular weight is 295 g/mol. The van der Waals surface area contributed by atoms with E-state index in [0.717, 1.165) is 11.1 Å². The minimum atomic E-state index is -1.65. The fraction of sp³-hybridized carbons (Fsp3) is 0.533. The molecule has 1 rings (SSSR count). The van der Waals surface area contributed by atoms with E-state index in [1.54, 1.807) is 11.0 Å². The predicted molar refractivity (Wildman–Crippen MR) is 82.2 cm³/mol. The number of rotatable bonds is 3. The molecule has 4 nitrogen and oxygen atoms in total. The Labute approximate surface area is 123 Å². The van der Waals surface area contributed by atoms with Gasteiger partial charge in [-0.15, -0.1) is 0 Å². The standard InChI is InChI=1S/C15H23N2O2S/c1-10(2)17(11(3)4)15(18)16-20(19)14-8-7-12(5)13(6)9-14/h7-11H,1-6H3/q-1. The molecule has 0 bridgehead atoms. The van der Waals surface area contributed by atoms with Crippen LogP contribution in [0.4, 0.5) is 4.79 Å². The number of benzene rings is 1. The topological polar surface area (TPSA) is 49.7 Å². The Hall–Kier alpha value is -1.36. The van der Waals surface area contributed by atoms with Gasteiger partial charge < -0.3 is 13.5 Å². The van der Waals surface area contributed by atoms with E-state index in [1.165, 1.54) is 0 Å². The molecule has 0 radical (unpaired) electrons. The van der Waals surface area contributed by atoms with Gasteiger partial charge in [0.2, 0.25) is 0 Å². The van der Waals surface area contributed by atoms with Crippen molar-refractivity contribution in [1.82, 2.24) is 4.90 Å². The molecule has 0 N–H and O–H groups in total. The predicted octanol–water partition coefficient (Wildman–Crippen LogP) is 4.05. The number of amides is 2. The van der Waals surface area contributed by atoms with E-state index in [-0.39, 0.29) is 12.1 Å². The van der Waals surface area contributed by atoms with Crippen molar-refractivity contribution in [3.63, 3.8) is 0 Å². The summed E-state index contributed by atoms with van der Waals surface area (Å²) in [5.41, 5.74) is 2.17. The fourth-order valence-electron chi connectivity index (χ4n) is 2.03. The lowest BCUT2D eigenvalue weighted by atomic mass is 10.1. The number of hydrogen-bond donors (Lipinski definition) is 0. The molecule has 0 saturated heterocycles. The van der Waals surface area contributed by atoms with Crippen molar-refractivity contribution >= 4 is 16.6 Å². The Balaban J connectivity index is 3.06. The Bertz CT molecular complexity index is 565. The minimum Gasteiger partial charge on any atom is -0.439 e. The fourth-order valence-corrected chi connectivity index (χ4v) is 2.83. The second-order valence-corrected chi connectivity index (χ2v) is 6.62. The molecule has 0 aliphatic carbocycles. The monoisotopic (exact) mass is 295 g/mol. The SMILES string of the molecule is Cc1ccc(/[S-](=O)=N/C(=O)N(C(C)C)C(C)C)cc1C. The third kappa shape index (κ3) is 4.07. The van der Waals surface area contributed by atoms with E-state index in [0.29, 0.717) is 4.90 Å². The van der Waals surface area contributed by atoms with Crippen molar-refractivity contribution in [1.29, 1.82) is 0 Å². The van der Waals surface area contributed by atoms with Crippen LogP contribution >= 0.6 is 0 Å². The number of hydrogen-bond acceptors (Lipinski definition) is 3. The molecule has 0 aliphatic rings. The largest absolute Gasteiger partial charge is 0.439 e. The van der Waals surface area contributed by atoms with Crippen LogP contribution in [-0.2, 0) is 14.8 Å². The summed E-state index contributed by atoms with van der Waals surface area (Å²) in [7, 11) is -1.65. The van der Waals surface area contributed by atoms with Crippen molar-refractivity contribution in [2.75, 3.05) is 0 Å². The molecule has 1 aromatic carbocycles. The molecule has 0 fully saturated rings. The molecule has 0 aliphatic heterocycles. The van der Waals surface area contributed by atoms with Gasteiger partial charge >= 0.3 is 6.03 Å². The number of carbonyl (C=O) groups is 1. The molecule has 0 unspecified atom stereocenters. The van der Waals surface area contributed by atoms with Crippen LogP contribution in [0, 0.1) is 13.8 Å². The zero-order valence-electron chi connectivity index (χ0n) is 13.0. The zero-order chi connectivity index (χ0) is 15.4. The molecule has 20 heavy (non-hydrogen) atoms. The third-order valence-corrected chi connectivity index (χ3v) is 4.15. The summed E-state index contributed by atoms with van der Waals surface area (Å²) in [5.74, 6) is 0. The van der Waals surface area contributed by atoms with Crippen LogP contribution in [-0.4, -0.2) is 23.0 Å². The van der Waals surface area contributed by atoms with Gasteiger partial charge in [-0.3, -0.25) is 0 Å². The average Bonchev–Trinajstić information content (AvgIpc) is 2.31. The second kappa shape index (κ2) is 6.88. The van der Waals surface area contributed by atoms with Gasteiger partial charge in [-0.05, 0) is 52.7 Å². The highest BCUT2D eigenvalue weighted by Crippen LogP contribution is 2.13. The smallest absolute Gasteiger partial charge is 0.320 e. The van der Waals surface area contributed by atoms with Gasteiger partial charge in [0, 0.05) is 12.1 Å². The molecular weight excluding hydrogens is 272 g/mol. The van der Waals surface area contributed by atoms with Crippen molar-refractivity contribution in [2.45, 2.75) is 58.5 Å². The summed E-state index contributed by atoms with van der Waals surface area (Å²) < 4.78 is 16.0. The van der Waals surface area contributed by atoms with E-state index in [4.69, 9.17) is 0 Å². The molecule has 1 aromatic rings. The van der Waals surface area contributed by atoms with Gasteiger partial charge in [0.25, 0.3) is 0 Å². The summed E-state index contributed by atoms with van der Waals surface area (Å²) in [4.78, 5) is 14.3. The van der Waals surface area contributed by atoms with Gasteiger partial charge in [-0.2, -0.15) is 10.6 Å². The van der Waals surface area contributed by atoms with Gasteiger partial charge in [-0.25, -0.2) is 4.79 Å². The van der Waals surface area contributed by atoms with Crippen LogP contribution in [0.1, 0.15) is 38.8 Å². The van der Waals surface area contributed by atoms with Crippen LogP contribution in [0.5, 0.6) is 0 Å². The van der Waals surface area contributed by atoms with Gasteiger partial charge in [0.1, 0.15) is 0 Å². The molecule has 0 saturated carbocycles. The minimum absolute atomic E-state index is 0.0306. The van der Waals surface area contributed by atoms with Gasteiger partial charge in [-0.1, -0.05) is 23.1 Å². The maximum Gasteiger partial charge on any atom is 0.320 e. The van der Waals surface area contributed by atoms with E-state index >= 15 is 0 Å². The number of urea groups is 1. The van der Waals surface area contributed by atoms with E-state index in [2.05, 4.69) is 4.36 Å². The first kappa shape index (κ1) is 16.7. The van der Waals surface area contributed by atoms with Gasteiger partial charge in [0.15, 0.2) is 0 Å². The quantitative estimate of drug-likeness (QED) is 0.790. The molecule has 112 valence electrons. The first-order valence-electron chi connectivity index (χ1n) is 6.77. The molecule has 0 atom stereocenters. The van der Waals surface area contributed by atoms with E-state index in [9.17, 15) is 9.00 Å². The summed E-state index contributed by atoms with van der Waals surface area (Å²) in [6.07, 6.45) is 0. The number of aryl methyl sites for hydroxylation is 2. The second-order valence-electron chi connectivity index (χ2n) is 5.46. The Kier molecular flexibility index (Phi) is 5.74. The zero-order valence-corrected chi connectivity index (χ0v) is 13.8. The highest BCUT2D eigenvalue weighted by atomic mass is 32.2. The highest BCUT2D eigenvalue weighted by Gasteiger charge is 2.17. The molecule has 0 heterocycles.